The van der Waals surface area contributed by atoms with Crippen LogP contribution in [0.2, 0.25) is 0 Å². The Hall–Kier alpha value is -1.25. The van der Waals surface area contributed by atoms with Crippen molar-refractivity contribution in [3.8, 4) is 28.0 Å². The van der Waals surface area contributed by atoms with Gasteiger partial charge in [-0.1, -0.05) is 72.8 Å². The van der Waals surface area contributed by atoms with Crippen molar-refractivity contribution in [3.05, 3.63) is 78.9 Å². The first-order valence-electron chi connectivity index (χ1n) is 6.67. The first-order valence-corrected chi connectivity index (χ1v) is 11.0. The molecule has 3 aromatic carbocycles. The van der Waals surface area contributed by atoms with Gasteiger partial charge in [-0.2, -0.15) is 0 Å². The third kappa shape index (κ3) is 4.38. The van der Waals surface area contributed by atoms with Gasteiger partial charge in [-0.3, -0.25) is 0 Å². The summed E-state index contributed by atoms with van der Waals surface area (Å²) in [6.07, 6.45) is 0. The summed E-state index contributed by atoms with van der Waals surface area (Å²) in [6, 6.07) is 25.7. The van der Waals surface area contributed by atoms with Gasteiger partial charge < -0.3 is 5.11 Å². The van der Waals surface area contributed by atoms with E-state index in [1.165, 1.54) is 0 Å². The zero-order chi connectivity index (χ0) is 15.8. The Morgan fingerprint density at radius 1 is 0.636 bits per heavy atom. The molecule has 0 aliphatic carbocycles. The minimum atomic E-state index is -0.556. The van der Waals surface area contributed by atoms with Crippen LogP contribution in [-0.4, -0.2) is 5.11 Å². The molecule has 1 N–H and O–H groups in total. The van der Waals surface area contributed by atoms with Crippen LogP contribution in [-0.2, 0) is 17.0 Å². The SMILES string of the molecule is Oc1cccc(-c2ccccc2)c1-c1ccccc1.[Cl][Ti][Cl]. The van der Waals surface area contributed by atoms with Crippen LogP contribution in [0.3, 0.4) is 0 Å². The Balaban J connectivity index is 0.000000545. The number of benzene rings is 3. The van der Waals surface area contributed by atoms with Crippen LogP contribution in [0, 0.1) is 0 Å². The monoisotopic (exact) mass is 364 g/mol. The van der Waals surface area contributed by atoms with Gasteiger partial charge in [0.1, 0.15) is 5.75 Å². The topological polar surface area (TPSA) is 20.2 Å². The van der Waals surface area contributed by atoms with E-state index in [0.29, 0.717) is 5.75 Å². The fraction of sp³-hybridized carbons (Fsp3) is 0. The van der Waals surface area contributed by atoms with Gasteiger partial charge in [0.15, 0.2) is 0 Å². The van der Waals surface area contributed by atoms with E-state index in [9.17, 15) is 5.11 Å². The maximum absolute atomic E-state index is 10.2. The molecule has 3 aromatic rings. The molecule has 0 amide bonds. The van der Waals surface area contributed by atoms with Crippen LogP contribution in [0.1, 0.15) is 0 Å². The summed E-state index contributed by atoms with van der Waals surface area (Å²) in [5.74, 6) is 0.313. The van der Waals surface area contributed by atoms with E-state index >= 15 is 0 Å². The molecule has 0 unspecified atom stereocenters. The maximum atomic E-state index is 10.2. The first kappa shape index (κ1) is 17.1. The van der Waals surface area contributed by atoms with Crippen LogP contribution >= 0.6 is 18.6 Å². The quantitative estimate of drug-likeness (QED) is 0.544. The van der Waals surface area contributed by atoms with E-state index in [0.717, 1.165) is 22.3 Å². The zero-order valence-corrected chi connectivity index (χ0v) is 14.8. The second kappa shape index (κ2) is 9.02. The molecule has 0 aliphatic heterocycles. The van der Waals surface area contributed by atoms with Crippen LogP contribution in [0.5, 0.6) is 5.75 Å². The average molecular weight is 365 g/mol. The van der Waals surface area contributed by atoms with E-state index in [1.807, 2.05) is 60.7 Å². The normalized spacial score (nSPS) is 9.55. The predicted octanol–water partition coefficient (Wildman–Crippen LogP) is 6.10. The number of hydrogen-bond acceptors (Lipinski definition) is 1. The van der Waals surface area contributed by atoms with Crippen LogP contribution in [0.15, 0.2) is 78.9 Å². The second-order valence-corrected chi connectivity index (χ2v) is 7.08. The molecule has 0 bridgehead atoms. The Morgan fingerprint density at radius 2 is 1.14 bits per heavy atom. The van der Waals surface area contributed by atoms with E-state index in [1.54, 1.807) is 6.07 Å². The summed E-state index contributed by atoms with van der Waals surface area (Å²) in [6.45, 7) is 0. The van der Waals surface area contributed by atoms with Gasteiger partial charge in [-0.15, -0.1) is 0 Å². The van der Waals surface area contributed by atoms with Crippen molar-refractivity contribution >= 4 is 18.6 Å². The molecule has 22 heavy (non-hydrogen) atoms. The summed E-state index contributed by atoms with van der Waals surface area (Å²) in [7, 11) is 9.78. The van der Waals surface area contributed by atoms with Gasteiger partial charge in [0.25, 0.3) is 0 Å². The predicted molar refractivity (Wildman–Crippen MR) is 90.7 cm³/mol. The fourth-order valence-electron chi connectivity index (χ4n) is 2.31. The first-order chi connectivity index (χ1) is 10.8. The number of halogens is 2. The molecule has 0 saturated heterocycles. The van der Waals surface area contributed by atoms with Crippen LogP contribution < -0.4 is 0 Å². The molecule has 110 valence electrons. The van der Waals surface area contributed by atoms with Gasteiger partial charge in [0.05, 0.1) is 0 Å². The molecule has 0 heterocycles. The van der Waals surface area contributed by atoms with E-state index < -0.39 is 17.0 Å². The zero-order valence-electron chi connectivity index (χ0n) is 11.7. The number of hydrogen-bond donors (Lipinski definition) is 1. The third-order valence-corrected chi connectivity index (χ3v) is 3.19. The van der Waals surface area contributed by atoms with Crippen molar-refractivity contribution in [1.29, 1.82) is 0 Å². The molecule has 0 fully saturated rings. The van der Waals surface area contributed by atoms with Gasteiger partial charge in [-0.05, 0) is 22.8 Å². The van der Waals surface area contributed by atoms with Gasteiger partial charge in [-0.25, -0.2) is 0 Å². The standard InChI is InChI=1S/C18H14O.2ClH.Ti/c19-17-13-7-12-16(14-8-3-1-4-9-14)18(17)15-10-5-2-6-11-15;;;/h1-13,19H;2*1H;/q;;;+2/p-2. The fourth-order valence-corrected chi connectivity index (χ4v) is 2.31. The summed E-state index contributed by atoms with van der Waals surface area (Å²) in [5.41, 5.74) is 4.07. The third-order valence-electron chi connectivity index (χ3n) is 3.19. The summed E-state index contributed by atoms with van der Waals surface area (Å²) < 4.78 is 0. The molecule has 0 saturated carbocycles. The summed E-state index contributed by atoms with van der Waals surface area (Å²) >= 11 is -0.556. The molecule has 0 atom stereocenters. The molecule has 3 rings (SSSR count). The molecular formula is C18H14Cl2OTi. The molecule has 1 nitrogen and oxygen atoms in total. The number of aromatic hydroxyl groups is 1. The summed E-state index contributed by atoms with van der Waals surface area (Å²) in [4.78, 5) is 0. The molecule has 0 radical (unpaired) electrons. The second-order valence-electron chi connectivity index (χ2n) is 4.50. The number of rotatable bonds is 2. The van der Waals surface area contributed by atoms with Crippen molar-refractivity contribution in [2.75, 3.05) is 0 Å². The minimum absolute atomic E-state index is 0.313. The molecular weight excluding hydrogens is 351 g/mol. The molecule has 0 spiro atoms. The van der Waals surface area contributed by atoms with Crippen molar-refractivity contribution in [2.45, 2.75) is 0 Å². The average Bonchev–Trinajstić information content (AvgIpc) is 2.57. The molecule has 0 aromatic heterocycles. The Morgan fingerprint density at radius 3 is 1.68 bits per heavy atom. The molecule has 0 aliphatic rings. The van der Waals surface area contributed by atoms with Crippen molar-refractivity contribution in [3.63, 3.8) is 0 Å². The van der Waals surface area contributed by atoms with Gasteiger partial charge in [0.2, 0.25) is 0 Å². The van der Waals surface area contributed by atoms with E-state index in [4.69, 9.17) is 18.6 Å². The van der Waals surface area contributed by atoms with Crippen LogP contribution in [0.4, 0.5) is 0 Å². The summed E-state index contributed by atoms with van der Waals surface area (Å²) in [5, 5.41) is 10.2. The van der Waals surface area contributed by atoms with Crippen LogP contribution in [0.25, 0.3) is 22.3 Å². The number of phenolic OH excluding ortho intramolecular Hbond substituents is 1. The Bertz CT molecular complexity index is 703. The molecule has 4 heteroatoms. The number of phenols is 1. The van der Waals surface area contributed by atoms with E-state index in [2.05, 4.69) is 12.1 Å². The Kier molecular flexibility index (Phi) is 7.02. The van der Waals surface area contributed by atoms with Crippen molar-refractivity contribution < 1.29 is 22.1 Å². The van der Waals surface area contributed by atoms with Crippen molar-refractivity contribution in [2.24, 2.45) is 0 Å². The van der Waals surface area contributed by atoms with Gasteiger partial charge in [0, 0.05) is 5.56 Å². The van der Waals surface area contributed by atoms with Gasteiger partial charge >= 0.3 is 35.6 Å². The van der Waals surface area contributed by atoms with Crippen molar-refractivity contribution in [1.82, 2.24) is 0 Å². The van der Waals surface area contributed by atoms with E-state index in [-0.39, 0.29) is 0 Å². The Labute approximate surface area is 147 Å².